The normalized spacial score (nSPS) is 12.0. The van der Waals surface area contributed by atoms with Gasteiger partial charge in [-0.3, -0.25) is 0 Å². The van der Waals surface area contributed by atoms with Gasteiger partial charge in [0.25, 0.3) is 0 Å². The fourth-order valence-electron chi connectivity index (χ4n) is 2.82. The van der Waals surface area contributed by atoms with Crippen molar-refractivity contribution in [1.29, 1.82) is 0 Å². The number of hydrogen-bond donors (Lipinski definition) is 2. The molecule has 0 heterocycles. The second-order valence-electron chi connectivity index (χ2n) is 7.32. The molecular weight excluding hydrogens is 295 g/mol. The first kappa shape index (κ1) is 19.4. The molecule has 22 heavy (non-hydrogen) atoms. The predicted molar refractivity (Wildman–Crippen MR) is 94.1 cm³/mol. The van der Waals surface area contributed by atoms with Crippen LogP contribution < -0.4 is 4.52 Å². The Balaban J connectivity index is 3.36. The van der Waals surface area contributed by atoms with Gasteiger partial charge in [0.05, 0.1) is 0 Å². The Morgan fingerprint density at radius 2 is 1.32 bits per heavy atom. The van der Waals surface area contributed by atoms with E-state index in [0.29, 0.717) is 23.5 Å². The highest BCUT2D eigenvalue weighted by Gasteiger charge is 2.19. The molecule has 0 radical (unpaired) electrons. The summed E-state index contributed by atoms with van der Waals surface area (Å²) >= 11 is 0. The van der Waals surface area contributed by atoms with Crippen LogP contribution in [-0.4, -0.2) is 9.79 Å². The van der Waals surface area contributed by atoms with Crippen LogP contribution in [0.5, 0.6) is 5.75 Å². The van der Waals surface area contributed by atoms with Gasteiger partial charge in [0.15, 0.2) is 0 Å². The van der Waals surface area contributed by atoms with Crippen molar-refractivity contribution in [2.24, 2.45) is 17.8 Å². The molecule has 1 rings (SSSR count). The zero-order valence-electron chi connectivity index (χ0n) is 14.8. The van der Waals surface area contributed by atoms with Crippen molar-refractivity contribution in [3.8, 4) is 5.75 Å². The van der Waals surface area contributed by atoms with Crippen molar-refractivity contribution >= 4 is 8.60 Å². The van der Waals surface area contributed by atoms with Crippen LogP contribution in [0.1, 0.15) is 58.2 Å². The van der Waals surface area contributed by atoms with Crippen LogP contribution in [0.15, 0.2) is 12.1 Å². The molecule has 0 aliphatic rings. The summed E-state index contributed by atoms with van der Waals surface area (Å²) in [4.78, 5) is 18.5. The molecular formula is C18H31O3P. The lowest BCUT2D eigenvalue weighted by Gasteiger charge is -2.22. The van der Waals surface area contributed by atoms with Crippen LogP contribution in [-0.2, 0) is 19.3 Å². The molecule has 0 aliphatic carbocycles. The molecule has 0 spiro atoms. The number of hydrogen-bond acceptors (Lipinski definition) is 3. The molecule has 1 aromatic carbocycles. The summed E-state index contributed by atoms with van der Waals surface area (Å²) in [7, 11) is -2.38. The second kappa shape index (κ2) is 8.86. The smallest absolute Gasteiger partial charge is 0.391 e. The first-order valence-corrected chi connectivity index (χ1v) is 9.36. The minimum atomic E-state index is -2.38. The zero-order valence-corrected chi connectivity index (χ0v) is 15.7. The highest BCUT2D eigenvalue weighted by Crippen LogP contribution is 2.37. The summed E-state index contributed by atoms with van der Waals surface area (Å²) < 4.78 is 5.30. The van der Waals surface area contributed by atoms with E-state index in [1.54, 1.807) is 0 Å². The van der Waals surface area contributed by atoms with Crippen molar-refractivity contribution in [2.75, 3.05) is 0 Å². The maximum atomic E-state index is 9.25. The zero-order chi connectivity index (χ0) is 16.9. The Morgan fingerprint density at radius 1 is 0.818 bits per heavy atom. The molecule has 2 N–H and O–H groups in total. The predicted octanol–water partition coefficient (Wildman–Crippen LogP) is 4.87. The molecule has 3 nitrogen and oxygen atoms in total. The molecule has 0 saturated carbocycles. The van der Waals surface area contributed by atoms with E-state index in [0.717, 1.165) is 24.8 Å². The summed E-state index contributed by atoms with van der Waals surface area (Å²) in [5.41, 5.74) is 3.86. The third kappa shape index (κ3) is 6.24. The molecule has 0 bridgehead atoms. The SMILES string of the molecule is CC(C)Cc1ccc(OP(O)O)c(CC(C)C)c1CC(C)C. The summed E-state index contributed by atoms with van der Waals surface area (Å²) in [5.74, 6) is 2.27. The van der Waals surface area contributed by atoms with Gasteiger partial charge in [-0.2, -0.15) is 0 Å². The number of benzene rings is 1. The molecule has 0 unspecified atom stereocenters. The third-order valence-corrected chi connectivity index (χ3v) is 3.88. The Kier molecular flexibility index (Phi) is 7.82. The van der Waals surface area contributed by atoms with Crippen molar-refractivity contribution < 1.29 is 14.3 Å². The van der Waals surface area contributed by atoms with Gasteiger partial charge in [-0.1, -0.05) is 47.6 Å². The maximum Gasteiger partial charge on any atom is 0.391 e. The molecule has 4 heteroatoms. The van der Waals surface area contributed by atoms with Gasteiger partial charge in [0.2, 0.25) is 0 Å². The Morgan fingerprint density at radius 3 is 1.77 bits per heavy atom. The van der Waals surface area contributed by atoms with Gasteiger partial charge in [-0.25, -0.2) is 0 Å². The standard InChI is InChI=1S/C18H31O3P/c1-12(2)9-15-7-8-18(21-22(19)20)17(11-14(5)6)16(15)10-13(3)4/h7-8,12-14,19-20H,9-11H2,1-6H3. The van der Waals surface area contributed by atoms with Crippen molar-refractivity contribution in [2.45, 2.75) is 60.8 Å². The fraction of sp³-hybridized carbons (Fsp3) is 0.667. The van der Waals surface area contributed by atoms with Crippen LogP contribution in [0.25, 0.3) is 0 Å². The van der Waals surface area contributed by atoms with E-state index in [1.807, 2.05) is 6.07 Å². The molecule has 0 atom stereocenters. The average Bonchev–Trinajstić information content (AvgIpc) is 2.34. The molecule has 0 aliphatic heterocycles. The van der Waals surface area contributed by atoms with Crippen LogP contribution in [0.2, 0.25) is 0 Å². The fourth-order valence-corrected chi connectivity index (χ4v) is 3.17. The van der Waals surface area contributed by atoms with E-state index in [4.69, 9.17) is 4.52 Å². The van der Waals surface area contributed by atoms with Crippen LogP contribution >= 0.6 is 8.60 Å². The highest BCUT2D eigenvalue weighted by molar-refractivity contribution is 7.39. The van der Waals surface area contributed by atoms with E-state index < -0.39 is 8.60 Å². The van der Waals surface area contributed by atoms with Gasteiger partial charge in [0, 0.05) is 0 Å². The molecule has 0 amide bonds. The Labute approximate surface area is 136 Å². The van der Waals surface area contributed by atoms with Crippen LogP contribution in [0.4, 0.5) is 0 Å². The minimum Gasteiger partial charge on any atom is -0.427 e. The maximum absolute atomic E-state index is 9.25. The first-order valence-electron chi connectivity index (χ1n) is 8.20. The monoisotopic (exact) mass is 326 g/mol. The lowest BCUT2D eigenvalue weighted by molar-refractivity contribution is 0.372. The van der Waals surface area contributed by atoms with Gasteiger partial charge in [0.1, 0.15) is 5.75 Å². The largest absolute Gasteiger partial charge is 0.427 e. The van der Waals surface area contributed by atoms with Crippen LogP contribution in [0.3, 0.4) is 0 Å². The summed E-state index contributed by atoms with van der Waals surface area (Å²) in [5, 5.41) is 0. The summed E-state index contributed by atoms with van der Waals surface area (Å²) in [6.45, 7) is 13.3. The molecule has 126 valence electrons. The lowest BCUT2D eigenvalue weighted by atomic mass is 9.86. The third-order valence-electron chi connectivity index (χ3n) is 3.52. The lowest BCUT2D eigenvalue weighted by Crippen LogP contribution is -2.10. The van der Waals surface area contributed by atoms with Crippen molar-refractivity contribution in [3.63, 3.8) is 0 Å². The van der Waals surface area contributed by atoms with Gasteiger partial charge >= 0.3 is 8.60 Å². The number of rotatable bonds is 8. The van der Waals surface area contributed by atoms with E-state index >= 15 is 0 Å². The van der Waals surface area contributed by atoms with E-state index in [-0.39, 0.29) is 0 Å². The quantitative estimate of drug-likeness (QED) is 0.670. The van der Waals surface area contributed by atoms with Gasteiger partial charge in [-0.05, 0) is 59.8 Å². The Bertz CT molecular complexity index is 425. The van der Waals surface area contributed by atoms with Crippen molar-refractivity contribution in [1.82, 2.24) is 0 Å². The second-order valence-corrected chi connectivity index (χ2v) is 8.01. The highest BCUT2D eigenvalue weighted by atomic mass is 31.2. The Hall–Kier alpha value is -0.630. The minimum absolute atomic E-state index is 0.492. The average molecular weight is 326 g/mol. The summed E-state index contributed by atoms with van der Waals surface area (Å²) in [6, 6.07) is 4.00. The molecule has 0 fully saturated rings. The van der Waals surface area contributed by atoms with Crippen molar-refractivity contribution in [3.05, 3.63) is 28.8 Å². The molecule has 0 aromatic heterocycles. The van der Waals surface area contributed by atoms with Crippen LogP contribution in [0, 0.1) is 17.8 Å². The van der Waals surface area contributed by atoms with E-state index in [9.17, 15) is 9.79 Å². The van der Waals surface area contributed by atoms with E-state index in [2.05, 4.69) is 47.6 Å². The van der Waals surface area contributed by atoms with E-state index in [1.165, 1.54) is 11.1 Å². The first-order chi connectivity index (χ1) is 10.2. The topological polar surface area (TPSA) is 49.7 Å². The summed E-state index contributed by atoms with van der Waals surface area (Å²) in [6.07, 6.45) is 2.93. The molecule has 1 aromatic rings. The molecule has 0 saturated heterocycles. The van der Waals surface area contributed by atoms with Gasteiger partial charge in [-0.15, -0.1) is 0 Å². The van der Waals surface area contributed by atoms with Gasteiger partial charge < -0.3 is 14.3 Å².